The number of likely N-dealkylation sites (tertiary alicyclic amines) is 1. The number of carbonyl (C=O) groups excluding carboxylic acids is 1. The minimum Gasteiger partial charge on any atom is -0.472 e. The maximum absolute atomic E-state index is 12.4. The summed E-state index contributed by atoms with van der Waals surface area (Å²) in [4.78, 5) is 33.0. The molecule has 0 radical (unpaired) electrons. The molecular weight excluding hydrogens is 320 g/mol. The van der Waals surface area contributed by atoms with Crippen LogP contribution in [0.1, 0.15) is 29.8 Å². The molecule has 2 fully saturated rings. The van der Waals surface area contributed by atoms with Crippen LogP contribution in [0.4, 0.5) is 5.82 Å². The molecule has 25 heavy (non-hydrogen) atoms. The zero-order valence-corrected chi connectivity index (χ0v) is 13.9. The summed E-state index contributed by atoms with van der Waals surface area (Å²) in [5.74, 6) is 1.36. The van der Waals surface area contributed by atoms with E-state index in [1.54, 1.807) is 17.4 Å². The van der Waals surface area contributed by atoms with E-state index in [1.807, 2.05) is 6.07 Å². The van der Waals surface area contributed by atoms with E-state index in [-0.39, 0.29) is 12.0 Å². The van der Waals surface area contributed by atoms with Crippen molar-refractivity contribution in [1.82, 2.24) is 24.8 Å². The smallest absolute Gasteiger partial charge is 0.274 e. The first-order valence-corrected chi connectivity index (χ1v) is 8.58. The van der Waals surface area contributed by atoms with Crippen molar-refractivity contribution in [2.75, 3.05) is 31.1 Å². The normalized spacial score (nSPS) is 20.1. The van der Waals surface area contributed by atoms with Crippen LogP contribution in [0.2, 0.25) is 0 Å². The fraction of sp³-hybridized carbons (Fsp3) is 0.471. The van der Waals surface area contributed by atoms with Crippen LogP contribution in [0.15, 0.2) is 31.0 Å². The molecule has 0 N–H and O–H groups in total. The molecule has 0 bridgehead atoms. The Labute approximate surface area is 145 Å². The molecule has 130 valence electrons. The van der Waals surface area contributed by atoms with Crippen molar-refractivity contribution in [3.8, 4) is 5.88 Å². The highest BCUT2D eigenvalue weighted by Crippen LogP contribution is 2.23. The average molecular weight is 340 g/mol. The number of anilines is 1. The lowest BCUT2D eigenvalue weighted by Crippen LogP contribution is -2.31. The summed E-state index contributed by atoms with van der Waals surface area (Å²) in [5.41, 5.74) is 0.363. The summed E-state index contributed by atoms with van der Waals surface area (Å²) in [5, 5.41) is 0. The molecule has 4 heterocycles. The van der Waals surface area contributed by atoms with Crippen molar-refractivity contribution >= 4 is 11.7 Å². The molecule has 2 saturated heterocycles. The summed E-state index contributed by atoms with van der Waals surface area (Å²) >= 11 is 0. The standard InChI is InChI=1S/C17H20N6O2/c24-17(14-10-18-4-5-19-14)23-8-3-13(11-23)25-16-9-15(20-12-21-16)22-6-1-2-7-22/h4-5,9-10,12-13H,1-3,6-8,11H2. The Balaban J connectivity index is 1.38. The lowest BCUT2D eigenvalue weighted by atomic mass is 10.3. The van der Waals surface area contributed by atoms with Crippen molar-refractivity contribution in [2.24, 2.45) is 0 Å². The molecule has 2 aliphatic rings. The van der Waals surface area contributed by atoms with Crippen LogP contribution in [0.3, 0.4) is 0 Å². The van der Waals surface area contributed by atoms with Gasteiger partial charge in [-0.25, -0.2) is 15.0 Å². The molecule has 8 heteroatoms. The molecular formula is C17H20N6O2. The van der Waals surface area contributed by atoms with E-state index in [0.717, 1.165) is 25.3 Å². The largest absolute Gasteiger partial charge is 0.472 e. The summed E-state index contributed by atoms with van der Waals surface area (Å²) in [7, 11) is 0. The van der Waals surface area contributed by atoms with E-state index in [2.05, 4.69) is 24.8 Å². The number of aromatic nitrogens is 4. The third-order valence-electron chi connectivity index (χ3n) is 4.56. The zero-order chi connectivity index (χ0) is 17.1. The van der Waals surface area contributed by atoms with E-state index in [9.17, 15) is 4.79 Å². The maximum atomic E-state index is 12.4. The molecule has 1 unspecified atom stereocenters. The fourth-order valence-corrected chi connectivity index (χ4v) is 3.26. The Bertz CT molecular complexity index is 735. The number of nitrogens with zero attached hydrogens (tertiary/aromatic N) is 6. The number of amides is 1. The second-order valence-corrected chi connectivity index (χ2v) is 6.28. The van der Waals surface area contributed by atoms with Gasteiger partial charge in [-0.1, -0.05) is 0 Å². The van der Waals surface area contributed by atoms with Gasteiger partial charge in [0.05, 0.1) is 12.7 Å². The van der Waals surface area contributed by atoms with Crippen LogP contribution < -0.4 is 9.64 Å². The molecule has 8 nitrogen and oxygen atoms in total. The molecule has 0 saturated carbocycles. The first-order valence-electron chi connectivity index (χ1n) is 8.58. The van der Waals surface area contributed by atoms with Gasteiger partial charge in [0.15, 0.2) is 0 Å². The molecule has 1 amide bonds. The van der Waals surface area contributed by atoms with Crippen LogP contribution in [0, 0.1) is 0 Å². The van der Waals surface area contributed by atoms with E-state index >= 15 is 0 Å². The van der Waals surface area contributed by atoms with Gasteiger partial charge in [0.25, 0.3) is 5.91 Å². The van der Waals surface area contributed by atoms with Gasteiger partial charge in [-0.3, -0.25) is 9.78 Å². The number of carbonyl (C=O) groups is 1. The van der Waals surface area contributed by atoms with Crippen LogP contribution in [0.5, 0.6) is 5.88 Å². The third-order valence-corrected chi connectivity index (χ3v) is 4.56. The van der Waals surface area contributed by atoms with Gasteiger partial charge in [0.1, 0.15) is 23.9 Å². The van der Waals surface area contributed by atoms with Gasteiger partial charge < -0.3 is 14.5 Å². The van der Waals surface area contributed by atoms with Gasteiger partial charge in [-0.15, -0.1) is 0 Å². The maximum Gasteiger partial charge on any atom is 0.274 e. The van der Waals surface area contributed by atoms with Crippen molar-refractivity contribution in [1.29, 1.82) is 0 Å². The average Bonchev–Trinajstić information content (AvgIpc) is 3.34. The Hall–Kier alpha value is -2.77. The lowest BCUT2D eigenvalue weighted by Gasteiger charge is -2.18. The van der Waals surface area contributed by atoms with Gasteiger partial charge in [-0.05, 0) is 12.8 Å². The SMILES string of the molecule is O=C(c1cnccn1)N1CCC(Oc2cc(N3CCCC3)ncn2)C1. The second kappa shape index (κ2) is 7.00. The topological polar surface area (TPSA) is 84.3 Å². The Kier molecular flexibility index (Phi) is 4.41. The molecule has 0 aliphatic carbocycles. The molecule has 1 atom stereocenters. The van der Waals surface area contributed by atoms with Crippen LogP contribution >= 0.6 is 0 Å². The number of ether oxygens (including phenoxy) is 1. The lowest BCUT2D eigenvalue weighted by molar-refractivity contribution is 0.0765. The minimum atomic E-state index is -0.111. The summed E-state index contributed by atoms with van der Waals surface area (Å²) in [6, 6.07) is 1.89. The highest BCUT2D eigenvalue weighted by molar-refractivity contribution is 5.92. The number of rotatable bonds is 4. The fourth-order valence-electron chi connectivity index (χ4n) is 3.26. The minimum absolute atomic E-state index is 0.0676. The van der Waals surface area contributed by atoms with Crippen molar-refractivity contribution in [2.45, 2.75) is 25.4 Å². The van der Waals surface area contributed by atoms with Gasteiger partial charge >= 0.3 is 0 Å². The quantitative estimate of drug-likeness (QED) is 0.826. The van der Waals surface area contributed by atoms with Crippen LogP contribution in [-0.4, -0.2) is 63.0 Å². The van der Waals surface area contributed by atoms with E-state index < -0.39 is 0 Å². The highest BCUT2D eigenvalue weighted by Gasteiger charge is 2.29. The van der Waals surface area contributed by atoms with E-state index in [1.165, 1.54) is 25.2 Å². The highest BCUT2D eigenvalue weighted by atomic mass is 16.5. The molecule has 0 spiro atoms. The van der Waals surface area contributed by atoms with Gasteiger partial charge in [0, 0.05) is 44.5 Å². The zero-order valence-electron chi connectivity index (χ0n) is 13.9. The summed E-state index contributed by atoms with van der Waals surface area (Å²) in [6.45, 7) is 3.23. The predicted octanol–water partition coefficient (Wildman–Crippen LogP) is 1.16. The summed E-state index contributed by atoms with van der Waals surface area (Å²) in [6.07, 6.45) is 9.21. The molecule has 2 aromatic heterocycles. The van der Waals surface area contributed by atoms with Crippen LogP contribution in [0.25, 0.3) is 0 Å². The Morgan fingerprint density at radius 1 is 1.12 bits per heavy atom. The van der Waals surface area contributed by atoms with Crippen molar-refractivity contribution in [3.63, 3.8) is 0 Å². The Morgan fingerprint density at radius 3 is 2.80 bits per heavy atom. The third kappa shape index (κ3) is 3.52. The summed E-state index contributed by atoms with van der Waals surface area (Å²) < 4.78 is 5.98. The first-order chi connectivity index (χ1) is 12.3. The first kappa shape index (κ1) is 15.7. The van der Waals surface area contributed by atoms with Crippen LogP contribution in [-0.2, 0) is 0 Å². The number of hydrogen-bond acceptors (Lipinski definition) is 7. The van der Waals surface area contributed by atoms with Crippen molar-refractivity contribution < 1.29 is 9.53 Å². The second-order valence-electron chi connectivity index (χ2n) is 6.28. The monoisotopic (exact) mass is 340 g/mol. The van der Waals surface area contributed by atoms with Crippen molar-refractivity contribution in [3.05, 3.63) is 36.7 Å². The molecule has 2 aliphatic heterocycles. The molecule has 4 rings (SSSR count). The molecule has 2 aromatic rings. The number of hydrogen-bond donors (Lipinski definition) is 0. The predicted molar refractivity (Wildman–Crippen MR) is 90.4 cm³/mol. The van der Waals surface area contributed by atoms with Gasteiger partial charge in [-0.2, -0.15) is 0 Å². The van der Waals surface area contributed by atoms with E-state index in [0.29, 0.717) is 24.7 Å². The Morgan fingerprint density at radius 2 is 2.00 bits per heavy atom. The van der Waals surface area contributed by atoms with Gasteiger partial charge in [0.2, 0.25) is 5.88 Å². The molecule has 0 aromatic carbocycles. The van der Waals surface area contributed by atoms with E-state index in [4.69, 9.17) is 4.74 Å².